The Morgan fingerprint density at radius 1 is 1.28 bits per heavy atom. The molecule has 0 amide bonds. The van der Waals surface area contributed by atoms with Crippen molar-refractivity contribution in [2.24, 2.45) is 17.3 Å². The van der Waals surface area contributed by atoms with Gasteiger partial charge in [0.15, 0.2) is 0 Å². The summed E-state index contributed by atoms with van der Waals surface area (Å²) in [5.74, 6) is -1.38. The van der Waals surface area contributed by atoms with Gasteiger partial charge in [-0.2, -0.15) is 8.42 Å². The van der Waals surface area contributed by atoms with Crippen LogP contribution in [0.3, 0.4) is 0 Å². The summed E-state index contributed by atoms with van der Waals surface area (Å²) in [4.78, 5) is 11.0. The Labute approximate surface area is 166 Å². The average molecular weight is 474 g/mol. The summed E-state index contributed by atoms with van der Waals surface area (Å²) < 4.78 is 36.2. The van der Waals surface area contributed by atoms with E-state index in [2.05, 4.69) is 15.9 Å². The second-order valence-corrected chi connectivity index (χ2v) is 10.0. The largest absolute Gasteiger partial charge is 0.466 e. The van der Waals surface area contributed by atoms with Gasteiger partial charge in [-0.3, -0.25) is 8.98 Å². The Morgan fingerprint density at radius 2 is 1.84 bits per heavy atom. The molecule has 0 aromatic heterocycles. The molecule has 0 aliphatic heterocycles. The topological polar surface area (TPSA) is 69.7 Å². The molecule has 1 fully saturated rings. The molecule has 0 heterocycles. The summed E-state index contributed by atoms with van der Waals surface area (Å²) in [6, 6.07) is 6.00. The van der Waals surface area contributed by atoms with Crippen LogP contribution in [0.2, 0.25) is 0 Å². The first-order valence-electron chi connectivity index (χ1n) is 7.66. The quantitative estimate of drug-likeness (QED) is 0.337. The molecule has 25 heavy (non-hydrogen) atoms. The third-order valence-electron chi connectivity index (χ3n) is 4.39. The molecular weight excluding hydrogens is 455 g/mol. The maximum Gasteiger partial charge on any atom is 0.309 e. The highest BCUT2D eigenvalue weighted by Crippen LogP contribution is 2.62. The first-order valence-corrected chi connectivity index (χ1v) is 10.7. The predicted molar refractivity (Wildman–Crippen MR) is 99.1 cm³/mol. The summed E-state index contributed by atoms with van der Waals surface area (Å²) >= 11 is 15.2. The summed E-state index contributed by atoms with van der Waals surface area (Å²) in [6.07, 6.45) is -1.05. The van der Waals surface area contributed by atoms with Crippen molar-refractivity contribution in [3.05, 3.63) is 28.7 Å². The van der Waals surface area contributed by atoms with Gasteiger partial charge in [-0.25, -0.2) is 0 Å². The van der Waals surface area contributed by atoms with E-state index in [-0.39, 0.29) is 11.5 Å². The van der Waals surface area contributed by atoms with Gasteiger partial charge in [0.2, 0.25) is 0 Å². The zero-order valence-corrected chi connectivity index (χ0v) is 17.8. The molecule has 5 nitrogen and oxygen atoms in total. The Morgan fingerprint density at radius 3 is 2.32 bits per heavy atom. The van der Waals surface area contributed by atoms with Gasteiger partial charge in [0.05, 0.1) is 17.4 Å². The molecule has 0 saturated heterocycles. The van der Waals surface area contributed by atoms with Crippen LogP contribution in [0.15, 0.2) is 33.6 Å². The third kappa shape index (κ3) is 4.50. The van der Waals surface area contributed by atoms with Gasteiger partial charge in [0.25, 0.3) is 10.1 Å². The standard InChI is InChI=1S/C16H19BrCl2O5S/c1-4-23-15(20)12-11(16(12,2)3)13(14(18)19)24-25(21,22)10-7-5-9(17)6-8-10/h5-8,11-14H,4H2,1-3H3/t11-,12-,13?/m0/s1. The molecule has 9 heteroatoms. The fourth-order valence-electron chi connectivity index (χ4n) is 3.03. The highest BCUT2D eigenvalue weighted by molar-refractivity contribution is 9.10. The van der Waals surface area contributed by atoms with E-state index in [1.165, 1.54) is 12.1 Å². The van der Waals surface area contributed by atoms with Gasteiger partial charge in [0.1, 0.15) is 10.9 Å². The second kappa shape index (κ2) is 7.72. The van der Waals surface area contributed by atoms with Crippen LogP contribution in [0.4, 0.5) is 0 Å². The molecule has 0 bridgehead atoms. The van der Waals surface area contributed by atoms with Gasteiger partial charge in [-0.1, -0.05) is 29.8 Å². The summed E-state index contributed by atoms with van der Waals surface area (Å²) in [6.45, 7) is 5.61. The molecule has 2 rings (SSSR count). The lowest BCUT2D eigenvalue weighted by Crippen LogP contribution is -2.29. The lowest BCUT2D eigenvalue weighted by Gasteiger charge is -2.20. The fraction of sp³-hybridized carbons (Fsp3) is 0.562. The number of halogens is 3. The van der Waals surface area contributed by atoms with Crippen molar-refractivity contribution >= 4 is 55.2 Å². The van der Waals surface area contributed by atoms with Gasteiger partial charge < -0.3 is 4.74 Å². The van der Waals surface area contributed by atoms with Crippen molar-refractivity contribution < 1.29 is 22.1 Å². The minimum Gasteiger partial charge on any atom is -0.466 e. The minimum absolute atomic E-state index is 0.0131. The highest BCUT2D eigenvalue weighted by atomic mass is 79.9. The number of carbonyl (C=O) groups is 1. The van der Waals surface area contributed by atoms with E-state index in [0.29, 0.717) is 0 Å². The first-order chi connectivity index (χ1) is 11.5. The van der Waals surface area contributed by atoms with Crippen molar-refractivity contribution in [1.29, 1.82) is 0 Å². The van der Waals surface area contributed by atoms with Crippen molar-refractivity contribution in [3.63, 3.8) is 0 Å². The molecule has 140 valence electrons. The number of hydrogen-bond acceptors (Lipinski definition) is 5. The van der Waals surface area contributed by atoms with E-state index in [1.54, 1.807) is 19.1 Å². The molecule has 0 N–H and O–H groups in total. The molecular formula is C16H19BrCl2O5S. The maximum absolute atomic E-state index is 12.5. The molecule has 0 radical (unpaired) electrons. The van der Waals surface area contributed by atoms with Crippen molar-refractivity contribution in [3.8, 4) is 0 Å². The smallest absolute Gasteiger partial charge is 0.309 e. The van der Waals surface area contributed by atoms with Gasteiger partial charge >= 0.3 is 5.97 Å². The molecule has 1 saturated carbocycles. The Bertz CT molecular complexity index is 733. The van der Waals surface area contributed by atoms with E-state index >= 15 is 0 Å². The van der Waals surface area contributed by atoms with Crippen LogP contribution in [0, 0.1) is 17.3 Å². The summed E-state index contributed by atoms with van der Waals surface area (Å²) in [5, 5.41) is 0. The number of benzene rings is 1. The first kappa shape index (κ1) is 21.0. The molecule has 1 unspecified atom stereocenters. The van der Waals surface area contributed by atoms with Crippen molar-refractivity contribution in [1.82, 2.24) is 0 Å². The normalized spacial score (nSPS) is 23.3. The van der Waals surface area contributed by atoms with Crippen LogP contribution in [0.5, 0.6) is 0 Å². The van der Waals surface area contributed by atoms with E-state index in [4.69, 9.17) is 32.1 Å². The van der Waals surface area contributed by atoms with Crippen molar-refractivity contribution in [2.45, 2.75) is 36.6 Å². The number of rotatable bonds is 7. The van der Waals surface area contributed by atoms with Crippen molar-refractivity contribution in [2.75, 3.05) is 6.61 Å². The molecule has 1 aliphatic carbocycles. The summed E-state index contributed by atoms with van der Waals surface area (Å²) in [5.41, 5.74) is -0.520. The third-order valence-corrected chi connectivity index (χ3v) is 6.74. The molecule has 1 aromatic carbocycles. The van der Waals surface area contributed by atoms with E-state index in [1.807, 2.05) is 13.8 Å². The Kier molecular flexibility index (Phi) is 6.48. The van der Waals surface area contributed by atoms with Crippen LogP contribution >= 0.6 is 39.1 Å². The van der Waals surface area contributed by atoms with Gasteiger partial charge in [0, 0.05) is 10.4 Å². The second-order valence-electron chi connectivity index (χ2n) is 6.38. The maximum atomic E-state index is 12.5. The van der Waals surface area contributed by atoms with E-state index in [9.17, 15) is 13.2 Å². The highest BCUT2D eigenvalue weighted by Gasteiger charge is 2.67. The number of esters is 1. The van der Waals surface area contributed by atoms with Gasteiger partial charge in [-0.05, 0) is 36.6 Å². The van der Waals surface area contributed by atoms with E-state index in [0.717, 1.165) is 4.47 Å². The molecule has 1 aliphatic rings. The van der Waals surface area contributed by atoms with Crippen LogP contribution in [0.1, 0.15) is 20.8 Å². The SMILES string of the molecule is CCOC(=O)[C@@H]1[C@@H](C(OS(=O)(=O)c2ccc(Br)cc2)C(Cl)Cl)C1(C)C. The Balaban J connectivity index is 2.25. The van der Waals surface area contributed by atoms with Gasteiger partial charge in [-0.15, -0.1) is 23.2 Å². The molecule has 1 aromatic rings. The predicted octanol–water partition coefficient (Wildman–Crippen LogP) is 4.16. The monoisotopic (exact) mass is 472 g/mol. The van der Waals surface area contributed by atoms with Crippen LogP contribution in [-0.4, -0.2) is 31.9 Å². The molecule has 0 spiro atoms. The Hall–Kier alpha value is -0.340. The zero-order valence-electron chi connectivity index (χ0n) is 13.9. The molecule has 3 atom stereocenters. The summed E-state index contributed by atoms with van der Waals surface area (Å²) in [7, 11) is -4.08. The number of carbonyl (C=O) groups excluding carboxylic acids is 1. The average Bonchev–Trinajstić information content (AvgIpc) is 3.07. The lowest BCUT2D eigenvalue weighted by molar-refractivity contribution is -0.146. The van der Waals surface area contributed by atoms with Crippen LogP contribution in [0.25, 0.3) is 0 Å². The fourth-order valence-corrected chi connectivity index (χ4v) is 4.94. The number of alkyl halides is 2. The zero-order chi connectivity index (χ0) is 19.0. The van der Waals surface area contributed by atoms with Crippen LogP contribution < -0.4 is 0 Å². The van der Waals surface area contributed by atoms with E-state index < -0.39 is 44.3 Å². The number of ether oxygens (including phenoxy) is 1. The minimum atomic E-state index is -4.08. The lowest BCUT2D eigenvalue weighted by atomic mass is 10.1. The number of hydrogen-bond donors (Lipinski definition) is 0. The van der Waals surface area contributed by atoms with Crippen LogP contribution in [-0.2, 0) is 23.8 Å².